The van der Waals surface area contributed by atoms with Crippen molar-refractivity contribution in [3.8, 4) is 5.75 Å². The number of nitrogens with zero attached hydrogens (tertiary/aromatic N) is 2. The van der Waals surface area contributed by atoms with Gasteiger partial charge in [-0.3, -0.25) is 4.90 Å². The molecule has 0 aliphatic carbocycles. The van der Waals surface area contributed by atoms with E-state index in [0.717, 1.165) is 49.6 Å². The standard InChI is InChI=1S/C21H28N2O2/c1-3-17-8-10-18(11-9-17)20(24)16-22-12-14-23(15-13-22)19-6-4-5-7-21(19)25-2/h4-11,20,24H,3,12-16H2,1-2H3/t20-/m1/s1. The number of aliphatic hydroxyl groups is 1. The molecule has 4 heteroatoms. The molecule has 1 fully saturated rings. The molecule has 3 rings (SSSR count). The molecule has 0 amide bonds. The third-order valence-corrected chi connectivity index (χ3v) is 5.00. The van der Waals surface area contributed by atoms with Gasteiger partial charge in [-0.05, 0) is 29.7 Å². The van der Waals surface area contributed by atoms with E-state index in [1.54, 1.807) is 7.11 Å². The summed E-state index contributed by atoms with van der Waals surface area (Å²) in [6.45, 7) is 6.62. The molecule has 4 nitrogen and oxygen atoms in total. The second-order valence-electron chi connectivity index (χ2n) is 6.57. The lowest BCUT2D eigenvalue weighted by Gasteiger charge is -2.37. The SMILES string of the molecule is CCc1ccc([C@H](O)CN2CCN(c3ccccc3OC)CC2)cc1. The second kappa shape index (κ2) is 8.37. The minimum atomic E-state index is -0.427. The Balaban J connectivity index is 1.55. The summed E-state index contributed by atoms with van der Waals surface area (Å²) in [6, 6.07) is 16.5. The van der Waals surface area contributed by atoms with Crippen LogP contribution in [0.25, 0.3) is 0 Å². The van der Waals surface area contributed by atoms with Gasteiger partial charge in [-0.15, -0.1) is 0 Å². The first-order valence-electron chi connectivity index (χ1n) is 9.08. The molecule has 2 aromatic rings. The molecule has 25 heavy (non-hydrogen) atoms. The Labute approximate surface area is 150 Å². The molecule has 0 aromatic heterocycles. The van der Waals surface area contributed by atoms with Crippen LogP contribution in [0.4, 0.5) is 5.69 Å². The Morgan fingerprint density at radius 3 is 2.32 bits per heavy atom. The van der Waals surface area contributed by atoms with Gasteiger partial charge in [0, 0.05) is 32.7 Å². The maximum absolute atomic E-state index is 10.5. The summed E-state index contributed by atoms with van der Waals surface area (Å²) < 4.78 is 5.47. The van der Waals surface area contributed by atoms with Gasteiger partial charge in [-0.2, -0.15) is 0 Å². The van der Waals surface area contributed by atoms with Crippen LogP contribution < -0.4 is 9.64 Å². The van der Waals surface area contributed by atoms with E-state index in [1.165, 1.54) is 5.56 Å². The lowest BCUT2D eigenvalue weighted by Crippen LogP contribution is -2.47. The first-order chi connectivity index (χ1) is 12.2. The number of rotatable bonds is 6. The van der Waals surface area contributed by atoms with Gasteiger partial charge in [0.1, 0.15) is 5.75 Å². The number of aliphatic hydroxyl groups excluding tert-OH is 1. The molecule has 1 N–H and O–H groups in total. The number of methoxy groups -OCH3 is 1. The third kappa shape index (κ3) is 4.33. The van der Waals surface area contributed by atoms with Crippen LogP contribution in [0.3, 0.4) is 0 Å². The number of hydrogen-bond donors (Lipinski definition) is 1. The normalized spacial score (nSPS) is 16.7. The maximum atomic E-state index is 10.5. The van der Waals surface area contributed by atoms with Crippen LogP contribution >= 0.6 is 0 Å². The van der Waals surface area contributed by atoms with Gasteiger partial charge < -0.3 is 14.7 Å². The predicted molar refractivity (Wildman–Crippen MR) is 102 cm³/mol. The zero-order valence-electron chi connectivity index (χ0n) is 15.2. The van der Waals surface area contributed by atoms with Crippen LogP contribution in [0.2, 0.25) is 0 Å². The summed E-state index contributed by atoms with van der Waals surface area (Å²) in [5, 5.41) is 10.5. The van der Waals surface area contributed by atoms with E-state index in [0.29, 0.717) is 6.54 Å². The van der Waals surface area contributed by atoms with Crippen molar-refractivity contribution < 1.29 is 9.84 Å². The number of piperazine rings is 1. The molecular formula is C21H28N2O2. The number of hydrogen-bond acceptors (Lipinski definition) is 4. The van der Waals surface area contributed by atoms with E-state index in [-0.39, 0.29) is 0 Å². The smallest absolute Gasteiger partial charge is 0.142 e. The third-order valence-electron chi connectivity index (χ3n) is 5.00. The number of para-hydroxylation sites is 2. The Bertz CT molecular complexity index is 664. The topological polar surface area (TPSA) is 35.9 Å². The van der Waals surface area contributed by atoms with Crippen molar-refractivity contribution in [2.45, 2.75) is 19.4 Å². The minimum Gasteiger partial charge on any atom is -0.495 e. The van der Waals surface area contributed by atoms with Crippen LogP contribution in [-0.4, -0.2) is 49.8 Å². The summed E-state index contributed by atoms with van der Waals surface area (Å²) in [6.07, 6.45) is 0.602. The number of aryl methyl sites for hydroxylation is 1. The molecule has 134 valence electrons. The van der Waals surface area contributed by atoms with E-state index in [9.17, 15) is 5.11 Å². The Morgan fingerprint density at radius 2 is 1.68 bits per heavy atom. The molecule has 2 aromatic carbocycles. The molecule has 1 heterocycles. The van der Waals surface area contributed by atoms with Crippen molar-refractivity contribution in [1.82, 2.24) is 4.90 Å². The fourth-order valence-electron chi connectivity index (χ4n) is 3.39. The van der Waals surface area contributed by atoms with Crippen molar-refractivity contribution in [2.24, 2.45) is 0 Å². The highest BCUT2D eigenvalue weighted by atomic mass is 16.5. The first kappa shape index (κ1) is 17.8. The van der Waals surface area contributed by atoms with E-state index in [1.807, 2.05) is 18.2 Å². The van der Waals surface area contributed by atoms with E-state index >= 15 is 0 Å². The average Bonchev–Trinajstić information content (AvgIpc) is 2.68. The molecule has 1 aliphatic heterocycles. The summed E-state index contributed by atoms with van der Waals surface area (Å²) in [5.74, 6) is 0.923. The van der Waals surface area contributed by atoms with Crippen molar-refractivity contribution in [3.63, 3.8) is 0 Å². The van der Waals surface area contributed by atoms with Crippen LogP contribution in [0.5, 0.6) is 5.75 Å². The van der Waals surface area contributed by atoms with Gasteiger partial charge in [0.15, 0.2) is 0 Å². The monoisotopic (exact) mass is 340 g/mol. The van der Waals surface area contributed by atoms with Crippen LogP contribution in [0.1, 0.15) is 24.2 Å². The fraction of sp³-hybridized carbons (Fsp3) is 0.429. The van der Waals surface area contributed by atoms with E-state index < -0.39 is 6.10 Å². The summed E-state index contributed by atoms with van der Waals surface area (Å²) in [4.78, 5) is 4.70. The number of ether oxygens (including phenoxy) is 1. The van der Waals surface area contributed by atoms with Gasteiger partial charge in [0.2, 0.25) is 0 Å². The minimum absolute atomic E-state index is 0.427. The van der Waals surface area contributed by atoms with E-state index in [4.69, 9.17) is 4.74 Å². The number of benzene rings is 2. The summed E-state index contributed by atoms with van der Waals surface area (Å²) in [7, 11) is 1.72. The molecule has 1 atom stereocenters. The zero-order valence-corrected chi connectivity index (χ0v) is 15.2. The Morgan fingerprint density at radius 1 is 1.00 bits per heavy atom. The van der Waals surface area contributed by atoms with Crippen LogP contribution in [0, 0.1) is 0 Å². The van der Waals surface area contributed by atoms with Gasteiger partial charge in [-0.25, -0.2) is 0 Å². The molecule has 0 spiro atoms. The van der Waals surface area contributed by atoms with Gasteiger partial charge in [-0.1, -0.05) is 43.3 Å². The largest absolute Gasteiger partial charge is 0.495 e. The molecule has 0 saturated carbocycles. The highest BCUT2D eigenvalue weighted by Crippen LogP contribution is 2.28. The Kier molecular flexibility index (Phi) is 5.95. The van der Waals surface area contributed by atoms with Gasteiger partial charge >= 0.3 is 0 Å². The van der Waals surface area contributed by atoms with Crippen LogP contribution in [-0.2, 0) is 6.42 Å². The van der Waals surface area contributed by atoms with Gasteiger partial charge in [0.05, 0.1) is 18.9 Å². The second-order valence-corrected chi connectivity index (χ2v) is 6.57. The van der Waals surface area contributed by atoms with Crippen molar-refractivity contribution in [3.05, 3.63) is 59.7 Å². The molecule has 0 unspecified atom stereocenters. The molecular weight excluding hydrogens is 312 g/mol. The lowest BCUT2D eigenvalue weighted by molar-refractivity contribution is 0.109. The van der Waals surface area contributed by atoms with Crippen LogP contribution in [0.15, 0.2) is 48.5 Å². The van der Waals surface area contributed by atoms with Crippen molar-refractivity contribution in [1.29, 1.82) is 0 Å². The zero-order chi connectivity index (χ0) is 17.6. The maximum Gasteiger partial charge on any atom is 0.142 e. The lowest BCUT2D eigenvalue weighted by atomic mass is 10.1. The predicted octanol–water partition coefficient (Wildman–Crippen LogP) is 3.11. The number of anilines is 1. The quantitative estimate of drug-likeness (QED) is 0.876. The molecule has 0 radical (unpaired) electrons. The fourth-order valence-corrected chi connectivity index (χ4v) is 3.39. The molecule has 0 bridgehead atoms. The highest BCUT2D eigenvalue weighted by Gasteiger charge is 2.21. The summed E-state index contributed by atoms with van der Waals surface area (Å²) >= 11 is 0. The highest BCUT2D eigenvalue weighted by molar-refractivity contribution is 5.58. The van der Waals surface area contributed by atoms with Crippen molar-refractivity contribution in [2.75, 3.05) is 44.7 Å². The Hall–Kier alpha value is -2.04. The van der Waals surface area contributed by atoms with Crippen molar-refractivity contribution >= 4 is 5.69 Å². The molecule has 1 saturated heterocycles. The average molecular weight is 340 g/mol. The number of β-amino-alcohol motifs (C(OH)–C–C–N with tert-alkyl or cyclic N) is 1. The van der Waals surface area contributed by atoms with E-state index in [2.05, 4.69) is 47.1 Å². The molecule has 1 aliphatic rings. The first-order valence-corrected chi connectivity index (χ1v) is 9.08. The summed E-state index contributed by atoms with van der Waals surface area (Å²) in [5.41, 5.74) is 3.46. The van der Waals surface area contributed by atoms with Gasteiger partial charge in [0.25, 0.3) is 0 Å².